The summed E-state index contributed by atoms with van der Waals surface area (Å²) in [5.41, 5.74) is 0.611. The largest absolute Gasteiger partial charge is 0.495 e. The molecule has 2 aromatic carbocycles. The van der Waals surface area contributed by atoms with Crippen LogP contribution in [0.3, 0.4) is 0 Å². The number of nitrogens with one attached hydrogen (secondary N) is 1. The second kappa shape index (κ2) is 7.51. The molecule has 0 aliphatic heterocycles. The van der Waals surface area contributed by atoms with E-state index in [9.17, 15) is 9.18 Å². The highest BCUT2D eigenvalue weighted by molar-refractivity contribution is 8.00. The fourth-order valence-corrected chi connectivity index (χ4v) is 2.94. The van der Waals surface area contributed by atoms with E-state index in [-0.39, 0.29) is 16.2 Å². The fraction of sp³-hybridized carbons (Fsp3) is 0.188. The first-order valence-electron chi connectivity index (χ1n) is 6.57. The molecule has 2 aromatic rings. The van der Waals surface area contributed by atoms with Crippen LogP contribution in [0.1, 0.15) is 6.92 Å². The molecule has 0 aliphatic carbocycles. The number of amides is 1. The smallest absolute Gasteiger partial charge is 0.237 e. The van der Waals surface area contributed by atoms with Crippen LogP contribution in [0.5, 0.6) is 5.75 Å². The molecule has 3 nitrogen and oxygen atoms in total. The fourth-order valence-electron chi connectivity index (χ4n) is 1.79. The van der Waals surface area contributed by atoms with E-state index in [1.165, 1.54) is 23.9 Å². The first kappa shape index (κ1) is 16.6. The summed E-state index contributed by atoms with van der Waals surface area (Å²) in [4.78, 5) is 13.0. The van der Waals surface area contributed by atoms with E-state index >= 15 is 0 Å². The standard InChI is InChI=1S/C16H15ClFNO2S/c1-10(22-11-7-8-13(18)12(17)9-11)16(20)19-14-5-3-4-6-15(14)21-2/h3-10H,1-2H3,(H,19,20)/t10-/m0/s1. The number of carbonyl (C=O) groups is 1. The van der Waals surface area contributed by atoms with Gasteiger partial charge in [0.05, 0.1) is 23.1 Å². The average molecular weight is 340 g/mol. The SMILES string of the molecule is COc1ccccc1NC(=O)[C@H](C)Sc1ccc(F)c(Cl)c1. The minimum Gasteiger partial charge on any atom is -0.495 e. The Morgan fingerprint density at radius 2 is 2.05 bits per heavy atom. The van der Waals surface area contributed by atoms with Crippen molar-refractivity contribution in [3.05, 3.63) is 53.3 Å². The molecule has 0 radical (unpaired) electrons. The maximum atomic E-state index is 13.1. The number of carbonyl (C=O) groups excluding carboxylic acids is 1. The molecule has 0 fully saturated rings. The van der Waals surface area contributed by atoms with Gasteiger partial charge in [0, 0.05) is 4.90 Å². The Labute approximate surface area is 137 Å². The quantitative estimate of drug-likeness (QED) is 0.808. The van der Waals surface area contributed by atoms with E-state index in [0.717, 1.165) is 4.90 Å². The second-order valence-electron chi connectivity index (χ2n) is 4.53. The van der Waals surface area contributed by atoms with Crippen molar-refractivity contribution < 1.29 is 13.9 Å². The zero-order valence-electron chi connectivity index (χ0n) is 12.1. The number of hydrogen-bond acceptors (Lipinski definition) is 3. The molecule has 116 valence electrons. The van der Waals surface area contributed by atoms with Crippen LogP contribution in [0.15, 0.2) is 47.4 Å². The number of methoxy groups -OCH3 is 1. The molecule has 22 heavy (non-hydrogen) atoms. The van der Waals surface area contributed by atoms with Crippen molar-refractivity contribution in [2.24, 2.45) is 0 Å². The molecule has 0 unspecified atom stereocenters. The second-order valence-corrected chi connectivity index (χ2v) is 6.35. The van der Waals surface area contributed by atoms with Crippen molar-refractivity contribution in [1.82, 2.24) is 0 Å². The van der Waals surface area contributed by atoms with Gasteiger partial charge in [0.1, 0.15) is 11.6 Å². The Kier molecular flexibility index (Phi) is 5.69. The van der Waals surface area contributed by atoms with Crippen LogP contribution in [0.25, 0.3) is 0 Å². The van der Waals surface area contributed by atoms with Gasteiger partial charge in [-0.2, -0.15) is 0 Å². The van der Waals surface area contributed by atoms with Crippen LogP contribution < -0.4 is 10.1 Å². The first-order valence-corrected chi connectivity index (χ1v) is 7.82. The van der Waals surface area contributed by atoms with Gasteiger partial charge in [0.2, 0.25) is 5.91 Å². The van der Waals surface area contributed by atoms with Crippen LogP contribution in [-0.2, 0) is 4.79 Å². The highest BCUT2D eigenvalue weighted by Gasteiger charge is 2.16. The zero-order chi connectivity index (χ0) is 16.1. The molecular formula is C16H15ClFNO2S. The number of ether oxygens (including phenoxy) is 1. The molecule has 0 heterocycles. The molecule has 0 spiro atoms. The molecule has 0 aliphatic rings. The van der Waals surface area contributed by atoms with Crippen molar-refractivity contribution in [2.45, 2.75) is 17.1 Å². The summed E-state index contributed by atoms with van der Waals surface area (Å²) < 4.78 is 18.3. The van der Waals surface area contributed by atoms with Gasteiger partial charge >= 0.3 is 0 Å². The molecule has 1 atom stereocenters. The Balaban J connectivity index is 2.04. The summed E-state index contributed by atoms with van der Waals surface area (Å²) in [5.74, 6) is -0.0510. The molecular weight excluding hydrogens is 325 g/mol. The summed E-state index contributed by atoms with van der Waals surface area (Å²) in [5, 5.41) is 2.49. The van der Waals surface area contributed by atoms with E-state index in [4.69, 9.17) is 16.3 Å². The maximum Gasteiger partial charge on any atom is 0.237 e. The van der Waals surface area contributed by atoms with Crippen molar-refractivity contribution in [1.29, 1.82) is 0 Å². The topological polar surface area (TPSA) is 38.3 Å². The average Bonchev–Trinajstić information content (AvgIpc) is 2.51. The van der Waals surface area contributed by atoms with Crippen LogP contribution in [0, 0.1) is 5.82 Å². The summed E-state index contributed by atoms with van der Waals surface area (Å²) in [6.45, 7) is 1.77. The van der Waals surface area contributed by atoms with E-state index in [0.29, 0.717) is 11.4 Å². The van der Waals surface area contributed by atoms with Gasteiger partial charge in [-0.25, -0.2) is 4.39 Å². The molecule has 1 N–H and O–H groups in total. The molecule has 0 saturated heterocycles. The predicted octanol–water partition coefficient (Wildman–Crippen LogP) is 4.61. The van der Waals surface area contributed by atoms with Crippen LogP contribution in [0.2, 0.25) is 5.02 Å². The minimum absolute atomic E-state index is 0.0438. The minimum atomic E-state index is -0.475. The molecule has 0 bridgehead atoms. The van der Waals surface area contributed by atoms with Gasteiger partial charge in [-0.05, 0) is 37.3 Å². The summed E-state index contributed by atoms with van der Waals surface area (Å²) in [7, 11) is 1.55. The van der Waals surface area contributed by atoms with Crippen LogP contribution in [0.4, 0.5) is 10.1 Å². The van der Waals surface area contributed by atoms with Crippen molar-refractivity contribution in [3.63, 3.8) is 0 Å². The number of hydrogen-bond donors (Lipinski definition) is 1. The maximum absolute atomic E-state index is 13.1. The number of thioether (sulfide) groups is 1. The lowest BCUT2D eigenvalue weighted by atomic mass is 10.3. The highest BCUT2D eigenvalue weighted by atomic mass is 35.5. The van der Waals surface area contributed by atoms with Gasteiger partial charge < -0.3 is 10.1 Å². The summed E-state index contributed by atoms with van der Waals surface area (Å²) in [6.07, 6.45) is 0. The third-order valence-corrected chi connectivity index (χ3v) is 4.32. The molecule has 2 rings (SSSR count). The monoisotopic (exact) mass is 339 g/mol. The zero-order valence-corrected chi connectivity index (χ0v) is 13.7. The Morgan fingerprint density at radius 1 is 1.32 bits per heavy atom. The normalized spacial score (nSPS) is 11.8. The third-order valence-electron chi connectivity index (χ3n) is 2.94. The Bertz CT molecular complexity index is 681. The number of halogens is 2. The Hall–Kier alpha value is -1.72. The molecule has 0 aromatic heterocycles. The van der Waals surface area contributed by atoms with E-state index in [1.54, 1.807) is 32.2 Å². The predicted molar refractivity (Wildman–Crippen MR) is 88.4 cm³/mol. The Morgan fingerprint density at radius 3 is 2.73 bits per heavy atom. The molecule has 1 amide bonds. The lowest BCUT2D eigenvalue weighted by Crippen LogP contribution is -2.22. The number of anilines is 1. The molecule has 0 saturated carbocycles. The summed E-state index contributed by atoms with van der Waals surface area (Å²) >= 11 is 7.04. The van der Waals surface area contributed by atoms with Gasteiger partial charge in [0.25, 0.3) is 0 Å². The van der Waals surface area contributed by atoms with Gasteiger partial charge in [-0.1, -0.05) is 23.7 Å². The lowest BCUT2D eigenvalue weighted by molar-refractivity contribution is -0.115. The van der Waals surface area contributed by atoms with Crippen molar-refractivity contribution in [2.75, 3.05) is 12.4 Å². The highest BCUT2D eigenvalue weighted by Crippen LogP contribution is 2.29. The van der Waals surface area contributed by atoms with E-state index in [2.05, 4.69) is 5.32 Å². The van der Waals surface area contributed by atoms with Gasteiger partial charge in [0.15, 0.2) is 0 Å². The van der Waals surface area contributed by atoms with E-state index in [1.807, 2.05) is 12.1 Å². The first-order chi connectivity index (χ1) is 10.5. The summed E-state index contributed by atoms with van der Waals surface area (Å²) in [6, 6.07) is 11.6. The van der Waals surface area contributed by atoms with Gasteiger partial charge in [-0.3, -0.25) is 4.79 Å². The lowest BCUT2D eigenvalue weighted by Gasteiger charge is -2.14. The number of benzene rings is 2. The molecule has 6 heteroatoms. The third kappa shape index (κ3) is 4.15. The number of para-hydroxylation sites is 2. The van der Waals surface area contributed by atoms with Crippen molar-refractivity contribution in [3.8, 4) is 5.75 Å². The van der Waals surface area contributed by atoms with Gasteiger partial charge in [-0.15, -0.1) is 11.8 Å². The number of rotatable bonds is 5. The van der Waals surface area contributed by atoms with E-state index < -0.39 is 5.82 Å². The van der Waals surface area contributed by atoms with Crippen LogP contribution >= 0.6 is 23.4 Å². The van der Waals surface area contributed by atoms with Crippen molar-refractivity contribution >= 4 is 35.0 Å². The van der Waals surface area contributed by atoms with Crippen LogP contribution in [-0.4, -0.2) is 18.3 Å².